The van der Waals surface area contributed by atoms with Crippen molar-refractivity contribution < 1.29 is 9.90 Å². The molecule has 1 N–H and O–H groups in total. The van der Waals surface area contributed by atoms with Gasteiger partial charge in [-0.3, -0.25) is 4.40 Å². The van der Waals surface area contributed by atoms with Crippen LogP contribution in [0.3, 0.4) is 0 Å². The molecule has 14 heavy (non-hydrogen) atoms. The summed E-state index contributed by atoms with van der Waals surface area (Å²) in [5.41, 5.74) is 1.58. The summed E-state index contributed by atoms with van der Waals surface area (Å²) in [4.78, 5) is 14.7. The number of carbonyl (C=O) groups is 1. The third kappa shape index (κ3) is 1.24. The Bertz CT molecular complexity index is 519. The van der Waals surface area contributed by atoms with Crippen molar-refractivity contribution in [3.63, 3.8) is 0 Å². The maximum atomic E-state index is 10.8. The molecule has 2 rings (SSSR count). The molecular formula is C9H7ClN2O2. The van der Waals surface area contributed by atoms with Crippen LogP contribution in [0.4, 0.5) is 0 Å². The first-order valence-electron chi connectivity index (χ1n) is 3.96. The molecule has 0 aliphatic rings. The fraction of sp³-hybridized carbons (Fsp3) is 0.111. The van der Waals surface area contributed by atoms with E-state index in [1.807, 2.05) is 6.92 Å². The molecule has 0 bridgehead atoms. The van der Waals surface area contributed by atoms with E-state index in [1.54, 1.807) is 12.3 Å². The highest BCUT2D eigenvalue weighted by molar-refractivity contribution is 6.31. The van der Waals surface area contributed by atoms with Gasteiger partial charge in [-0.1, -0.05) is 11.6 Å². The van der Waals surface area contributed by atoms with Crippen molar-refractivity contribution in [1.82, 2.24) is 9.38 Å². The average Bonchev–Trinajstić information content (AvgIpc) is 2.48. The first-order valence-corrected chi connectivity index (χ1v) is 4.34. The van der Waals surface area contributed by atoms with E-state index in [2.05, 4.69) is 4.98 Å². The van der Waals surface area contributed by atoms with E-state index in [1.165, 1.54) is 10.6 Å². The smallest absolute Gasteiger partial charge is 0.354 e. The quantitative estimate of drug-likeness (QED) is 0.783. The number of imidazole rings is 1. The molecule has 4 nitrogen and oxygen atoms in total. The van der Waals surface area contributed by atoms with Gasteiger partial charge >= 0.3 is 5.97 Å². The van der Waals surface area contributed by atoms with Crippen LogP contribution in [0.5, 0.6) is 0 Å². The van der Waals surface area contributed by atoms with Crippen LogP contribution in [0.15, 0.2) is 18.5 Å². The van der Waals surface area contributed by atoms with E-state index in [0.29, 0.717) is 10.7 Å². The molecule has 0 atom stereocenters. The van der Waals surface area contributed by atoms with E-state index >= 15 is 0 Å². The summed E-state index contributed by atoms with van der Waals surface area (Å²) in [6, 6.07) is 1.74. The highest BCUT2D eigenvalue weighted by Gasteiger charge is 2.11. The SMILES string of the molecule is Cc1cc2ncc(C(=O)O)n2cc1Cl. The summed E-state index contributed by atoms with van der Waals surface area (Å²) in [6.45, 7) is 1.84. The van der Waals surface area contributed by atoms with Crippen LogP contribution in [0.2, 0.25) is 5.02 Å². The number of aromatic carboxylic acids is 1. The number of hydrogen-bond donors (Lipinski definition) is 1. The minimum Gasteiger partial charge on any atom is -0.477 e. The maximum Gasteiger partial charge on any atom is 0.354 e. The molecule has 72 valence electrons. The van der Waals surface area contributed by atoms with Crippen molar-refractivity contribution in [3.8, 4) is 0 Å². The zero-order chi connectivity index (χ0) is 10.3. The molecule has 2 aromatic heterocycles. The Morgan fingerprint density at radius 3 is 3.00 bits per heavy atom. The molecule has 0 radical (unpaired) electrons. The van der Waals surface area contributed by atoms with Gasteiger partial charge in [-0.2, -0.15) is 0 Å². The molecule has 2 heterocycles. The molecule has 0 aromatic carbocycles. The fourth-order valence-electron chi connectivity index (χ4n) is 1.25. The Labute approximate surface area is 84.8 Å². The largest absolute Gasteiger partial charge is 0.477 e. The van der Waals surface area contributed by atoms with Crippen molar-refractivity contribution >= 4 is 23.2 Å². The molecule has 0 spiro atoms. The number of rotatable bonds is 1. The third-order valence-electron chi connectivity index (χ3n) is 2.01. The lowest BCUT2D eigenvalue weighted by molar-refractivity contribution is 0.0689. The van der Waals surface area contributed by atoms with Crippen molar-refractivity contribution in [2.24, 2.45) is 0 Å². The number of aromatic nitrogens is 2. The predicted octanol–water partition coefficient (Wildman–Crippen LogP) is 1.99. The van der Waals surface area contributed by atoms with Gasteiger partial charge in [0.1, 0.15) is 5.65 Å². The molecular weight excluding hydrogens is 204 g/mol. The molecule has 0 aliphatic heterocycles. The van der Waals surface area contributed by atoms with E-state index in [0.717, 1.165) is 5.56 Å². The van der Waals surface area contributed by atoms with Gasteiger partial charge in [-0.05, 0) is 18.6 Å². The Balaban J connectivity index is 2.80. The van der Waals surface area contributed by atoms with Gasteiger partial charge in [0, 0.05) is 6.20 Å². The Hall–Kier alpha value is -1.55. The molecule has 0 saturated heterocycles. The minimum absolute atomic E-state index is 0.113. The highest BCUT2D eigenvalue weighted by Crippen LogP contribution is 2.18. The zero-order valence-corrected chi connectivity index (χ0v) is 8.12. The van der Waals surface area contributed by atoms with Crippen molar-refractivity contribution in [2.75, 3.05) is 0 Å². The number of fused-ring (bicyclic) bond motifs is 1. The number of carboxylic acid groups (broad SMARTS) is 1. The Kier molecular flexibility index (Phi) is 1.93. The van der Waals surface area contributed by atoms with E-state index in [9.17, 15) is 4.79 Å². The lowest BCUT2D eigenvalue weighted by Crippen LogP contribution is -2.01. The standard InChI is InChI=1S/C9H7ClN2O2/c1-5-2-8-11-3-7(9(13)14)12(8)4-6(5)10/h2-4H,1H3,(H,13,14). The van der Waals surface area contributed by atoms with Crippen LogP contribution in [-0.2, 0) is 0 Å². The van der Waals surface area contributed by atoms with Gasteiger partial charge in [-0.25, -0.2) is 9.78 Å². The summed E-state index contributed by atoms with van der Waals surface area (Å²) in [5.74, 6) is -1.02. The van der Waals surface area contributed by atoms with E-state index < -0.39 is 5.97 Å². The lowest BCUT2D eigenvalue weighted by atomic mass is 10.3. The summed E-state index contributed by atoms with van der Waals surface area (Å²) < 4.78 is 1.46. The predicted molar refractivity (Wildman–Crippen MR) is 51.9 cm³/mol. The number of aryl methyl sites for hydroxylation is 1. The molecule has 0 amide bonds. The van der Waals surface area contributed by atoms with Crippen LogP contribution < -0.4 is 0 Å². The average molecular weight is 211 g/mol. The second-order valence-corrected chi connectivity index (χ2v) is 3.39. The molecule has 0 fully saturated rings. The molecule has 0 unspecified atom stereocenters. The van der Waals surface area contributed by atoms with Gasteiger partial charge in [0.25, 0.3) is 0 Å². The summed E-state index contributed by atoms with van der Waals surface area (Å²) >= 11 is 5.88. The number of hydrogen-bond acceptors (Lipinski definition) is 2. The third-order valence-corrected chi connectivity index (χ3v) is 2.41. The first kappa shape index (κ1) is 9.02. The number of nitrogens with zero attached hydrogens (tertiary/aromatic N) is 2. The van der Waals surface area contributed by atoms with E-state index in [4.69, 9.17) is 16.7 Å². The second-order valence-electron chi connectivity index (χ2n) is 2.98. The van der Waals surface area contributed by atoms with Crippen molar-refractivity contribution in [1.29, 1.82) is 0 Å². The molecule has 5 heteroatoms. The number of carboxylic acids is 1. The second kappa shape index (κ2) is 2.99. The summed E-state index contributed by atoms with van der Waals surface area (Å²) in [6.07, 6.45) is 2.87. The maximum absolute atomic E-state index is 10.8. The normalized spacial score (nSPS) is 10.7. The Morgan fingerprint density at radius 2 is 2.36 bits per heavy atom. The van der Waals surface area contributed by atoms with Crippen molar-refractivity contribution in [3.05, 3.63) is 34.7 Å². The summed E-state index contributed by atoms with van der Waals surface area (Å²) in [5, 5.41) is 9.35. The van der Waals surface area contributed by atoms with Gasteiger partial charge in [0.05, 0.1) is 11.2 Å². The minimum atomic E-state index is -1.02. The summed E-state index contributed by atoms with van der Waals surface area (Å²) in [7, 11) is 0. The zero-order valence-electron chi connectivity index (χ0n) is 7.36. The Morgan fingerprint density at radius 1 is 1.64 bits per heavy atom. The van der Waals surface area contributed by atoms with Crippen LogP contribution in [0.25, 0.3) is 5.65 Å². The van der Waals surface area contributed by atoms with Gasteiger partial charge < -0.3 is 5.11 Å². The van der Waals surface area contributed by atoms with Gasteiger partial charge in [0.15, 0.2) is 5.69 Å². The highest BCUT2D eigenvalue weighted by atomic mass is 35.5. The lowest BCUT2D eigenvalue weighted by Gasteiger charge is -2.00. The molecule has 0 aliphatic carbocycles. The van der Waals surface area contributed by atoms with Gasteiger partial charge in [0.2, 0.25) is 0 Å². The number of pyridine rings is 1. The number of halogens is 1. The van der Waals surface area contributed by atoms with Crippen LogP contribution in [0, 0.1) is 6.92 Å². The first-order chi connectivity index (χ1) is 6.59. The van der Waals surface area contributed by atoms with Crippen LogP contribution in [-0.4, -0.2) is 20.5 Å². The fourth-order valence-corrected chi connectivity index (χ4v) is 1.41. The van der Waals surface area contributed by atoms with Crippen LogP contribution in [0.1, 0.15) is 16.1 Å². The monoisotopic (exact) mass is 210 g/mol. The van der Waals surface area contributed by atoms with Gasteiger partial charge in [-0.15, -0.1) is 0 Å². The van der Waals surface area contributed by atoms with E-state index in [-0.39, 0.29) is 5.69 Å². The molecule has 0 saturated carbocycles. The topological polar surface area (TPSA) is 54.6 Å². The van der Waals surface area contributed by atoms with Crippen molar-refractivity contribution in [2.45, 2.75) is 6.92 Å². The molecule has 2 aromatic rings. The van der Waals surface area contributed by atoms with Crippen LogP contribution >= 0.6 is 11.6 Å².